The average molecular weight is 374 g/mol. The minimum Gasteiger partial charge on any atom is -0.454 e. The third-order valence-corrected chi connectivity index (χ3v) is 5.76. The maximum atomic E-state index is 12.4. The van der Waals surface area contributed by atoms with E-state index in [1.165, 1.54) is 24.3 Å². The molecule has 6 heteroatoms. The van der Waals surface area contributed by atoms with Gasteiger partial charge in [-0.05, 0) is 80.3 Å². The number of hydrogen-bond donors (Lipinski definition) is 0. The lowest BCUT2D eigenvalue weighted by molar-refractivity contribution is 0.0474. The number of aryl methyl sites for hydroxylation is 1. The van der Waals surface area contributed by atoms with Gasteiger partial charge in [-0.1, -0.05) is 0 Å². The van der Waals surface area contributed by atoms with Crippen LogP contribution in [0.4, 0.5) is 0 Å². The summed E-state index contributed by atoms with van der Waals surface area (Å²) in [6, 6.07) is 7.23. The lowest BCUT2D eigenvalue weighted by atomic mass is 9.93. The summed E-state index contributed by atoms with van der Waals surface area (Å²) in [5.74, 6) is -0.939. The first-order valence-electron chi connectivity index (χ1n) is 8.10. The van der Waals surface area contributed by atoms with Crippen LogP contribution in [0.5, 0.6) is 0 Å². The zero-order chi connectivity index (χ0) is 19.6. The van der Waals surface area contributed by atoms with Crippen LogP contribution < -0.4 is 0 Å². The van der Waals surface area contributed by atoms with Gasteiger partial charge in [-0.25, -0.2) is 13.2 Å². The first kappa shape index (κ1) is 19.8. The summed E-state index contributed by atoms with van der Waals surface area (Å²) >= 11 is 0. The molecule has 0 unspecified atom stereocenters. The fourth-order valence-electron chi connectivity index (χ4n) is 2.63. The van der Waals surface area contributed by atoms with Gasteiger partial charge in [-0.15, -0.1) is 0 Å². The van der Waals surface area contributed by atoms with Gasteiger partial charge in [0.1, 0.15) is 0 Å². The number of benzene rings is 2. The van der Waals surface area contributed by atoms with E-state index < -0.39 is 15.8 Å². The van der Waals surface area contributed by atoms with Crippen LogP contribution in [0.2, 0.25) is 0 Å². The number of ketones is 1. The highest BCUT2D eigenvalue weighted by molar-refractivity contribution is 7.90. The van der Waals surface area contributed by atoms with Crippen LogP contribution in [-0.4, -0.2) is 33.0 Å². The summed E-state index contributed by atoms with van der Waals surface area (Å²) in [4.78, 5) is 24.7. The zero-order valence-electron chi connectivity index (χ0n) is 15.5. The number of Topliss-reactive ketones (excluding diaryl/α,β-unsaturated/α-hetero) is 1. The lowest BCUT2D eigenvalue weighted by Gasteiger charge is -2.13. The number of carbonyl (C=O) groups is 2. The molecule has 0 heterocycles. The molecular weight excluding hydrogens is 352 g/mol. The predicted molar refractivity (Wildman–Crippen MR) is 99.6 cm³/mol. The minimum absolute atomic E-state index is 0.117. The number of hydrogen-bond acceptors (Lipinski definition) is 5. The Bertz CT molecular complexity index is 970. The van der Waals surface area contributed by atoms with Crippen LogP contribution in [-0.2, 0) is 14.6 Å². The van der Waals surface area contributed by atoms with Crippen molar-refractivity contribution in [2.75, 3.05) is 12.9 Å². The van der Waals surface area contributed by atoms with Gasteiger partial charge in [0.2, 0.25) is 5.78 Å². The van der Waals surface area contributed by atoms with Crippen molar-refractivity contribution < 1.29 is 22.7 Å². The Morgan fingerprint density at radius 2 is 1.50 bits per heavy atom. The van der Waals surface area contributed by atoms with Crippen molar-refractivity contribution in [3.63, 3.8) is 0 Å². The van der Waals surface area contributed by atoms with Crippen LogP contribution in [0.1, 0.15) is 43.0 Å². The maximum absolute atomic E-state index is 12.4. The Morgan fingerprint density at radius 1 is 0.923 bits per heavy atom. The molecule has 0 aliphatic rings. The topological polar surface area (TPSA) is 77.5 Å². The van der Waals surface area contributed by atoms with E-state index in [1.54, 1.807) is 0 Å². The van der Waals surface area contributed by atoms with Crippen molar-refractivity contribution in [1.82, 2.24) is 0 Å². The van der Waals surface area contributed by atoms with Gasteiger partial charge in [0.05, 0.1) is 10.5 Å². The highest BCUT2D eigenvalue weighted by Crippen LogP contribution is 2.22. The number of sulfone groups is 1. The molecular formula is C20H22O5S. The van der Waals surface area contributed by atoms with Gasteiger partial charge in [0, 0.05) is 11.8 Å². The largest absolute Gasteiger partial charge is 0.454 e. The van der Waals surface area contributed by atoms with E-state index in [0.29, 0.717) is 5.56 Å². The van der Waals surface area contributed by atoms with Gasteiger partial charge in [-0.2, -0.15) is 0 Å². The monoisotopic (exact) mass is 374 g/mol. The van der Waals surface area contributed by atoms with Gasteiger partial charge in [0.25, 0.3) is 0 Å². The Hall–Kier alpha value is -2.47. The van der Waals surface area contributed by atoms with Crippen molar-refractivity contribution in [1.29, 1.82) is 0 Å². The molecule has 5 nitrogen and oxygen atoms in total. The standard InChI is InChI=1S/C20H22O5S/c1-12-10-18(15(4)14(3)13(12)2)19(21)11-25-20(22)16-6-8-17(9-7-16)26(5,23)24/h6-10H,11H2,1-5H3. The highest BCUT2D eigenvalue weighted by atomic mass is 32.2. The molecule has 0 bridgehead atoms. The molecule has 0 saturated carbocycles. The summed E-state index contributed by atoms with van der Waals surface area (Å²) in [7, 11) is -3.33. The lowest BCUT2D eigenvalue weighted by Crippen LogP contribution is -2.16. The quantitative estimate of drug-likeness (QED) is 0.592. The highest BCUT2D eigenvalue weighted by Gasteiger charge is 2.17. The van der Waals surface area contributed by atoms with E-state index >= 15 is 0 Å². The van der Waals surface area contributed by atoms with E-state index in [2.05, 4.69) is 0 Å². The summed E-state index contributed by atoms with van der Waals surface area (Å²) in [6.07, 6.45) is 1.09. The third-order valence-electron chi connectivity index (χ3n) is 4.63. The molecule has 0 N–H and O–H groups in total. The van der Waals surface area contributed by atoms with Crippen molar-refractivity contribution in [3.8, 4) is 0 Å². The van der Waals surface area contributed by atoms with Crippen LogP contribution >= 0.6 is 0 Å². The normalized spacial score (nSPS) is 11.3. The molecule has 0 saturated heterocycles. The molecule has 2 rings (SSSR count). The number of ether oxygens (including phenoxy) is 1. The van der Waals surface area contributed by atoms with Gasteiger partial charge in [0.15, 0.2) is 16.4 Å². The van der Waals surface area contributed by atoms with Crippen LogP contribution in [0.15, 0.2) is 35.2 Å². The molecule has 0 aromatic heterocycles. The van der Waals surface area contributed by atoms with Crippen molar-refractivity contribution >= 4 is 21.6 Å². The smallest absolute Gasteiger partial charge is 0.338 e. The second-order valence-corrected chi connectivity index (χ2v) is 8.43. The van der Waals surface area contributed by atoms with E-state index in [4.69, 9.17) is 4.74 Å². The fraction of sp³-hybridized carbons (Fsp3) is 0.300. The van der Waals surface area contributed by atoms with Crippen LogP contribution in [0, 0.1) is 27.7 Å². The van der Waals surface area contributed by atoms with Crippen LogP contribution in [0.25, 0.3) is 0 Å². The molecule has 26 heavy (non-hydrogen) atoms. The molecule has 0 radical (unpaired) electrons. The summed E-state index contributed by atoms with van der Waals surface area (Å²) in [5.41, 5.74) is 4.83. The Kier molecular flexibility index (Phi) is 5.66. The molecule has 0 spiro atoms. The molecule has 138 valence electrons. The number of carbonyl (C=O) groups excluding carboxylic acids is 2. The van der Waals surface area contributed by atoms with Gasteiger partial charge >= 0.3 is 5.97 Å². The van der Waals surface area contributed by atoms with Gasteiger partial charge in [-0.3, -0.25) is 4.79 Å². The first-order chi connectivity index (χ1) is 12.0. The fourth-order valence-corrected chi connectivity index (χ4v) is 3.26. The zero-order valence-corrected chi connectivity index (χ0v) is 16.4. The maximum Gasteiger partial charge on any atom is 0.338 e. The first-order valence-corrected chi connectivity index (χ1v) is 9.99. The Balaban J connectivity index is 2.11. The predicted octanol–water partition coefficient (Wildman–Crippen LogP) is 3.36. The molecule has 2 aromatic carbocycles. The summed E-state index contributed by atoms with van der Waals surface area (Å²) in [5, 5.41) is 0. The third kappa shape index (κ3) is 4.19. The number of rotatable bonds is 5. The summed E-state index contributed by atoms with van der Waals surface area (Å²) < 4.78 is 28.0. The average Bonchev–Trinajstić information content (AvgIpc) is 2.60. The second-order valence-electron chi connectivity index (χ2n) is 6.41. The molecule has 0 aliphatic carbocycles. The van der Waals surface area contributed by atoms with E-state index in [9.17, 15) is 18.0 Å². The van der Waals surface area contributed by atoms with E-state index in [-0.39, 0.29) is 22.8 Å². The molecule has 0 amide bonds. The molecule has 0 aliphatic heterocycles. The van der Waals surface area contributed by atoms with Crippen molar-refractivity contribution in [2.45, 2.75) is 32.6 Å². The van der Waals surface area contributed by atoms with E-state index in [0.717, 1.165) is 28.5 Å². The molecule has 0 fully saturated rings. The summed E-state index contributed by atoms with van der Waals surface area (Å²) in [6.45, 7) is 7.42. The number of esters is 1. The van der Waals surface area contributed by atoms with Gasteiger partial charge < -0.3 is 4.74 Å². The van der Waals surface area contributed by atoms with E-state index in [1.807, 2.05) is 33.8 Å². The second kappa shape index (κ2) is 7.41. The molecule has 0 atom stereocenters. The minimum atomic E-state index is -3.33. The van der Waals surface area contributed by atoms with Crippen molar-refractivity contribution in [2.24, 2.45) is 0 Å². The van der Waals surface area contributed by atoms with Crippen molar-refractivity contribution in [3.05, 3.63) is 63.7 Å². The Morgan fingerprint density at radius 3 is 2.04 bits per heavy atom. The van der Waals surface area contributed by atoms with Crippen LogP contribution in [0.3, 0.4) is 0 Å². The molecule has 2 aromatic rings. The SMILES string of the molecule is Cc1cc(C(=O)COC(=O)c2ccc(S(C)(=O)=O)cc2)c(C)c(C)c1C. The Labute approximate surface area is 153 Å².